The molecule has 0 bridgehead atoms. The van der Waals surface area contributed by atoms with E-state index < -0.39 is 18.5 Å². The van der Waals surface area contributed by atoms with Crippen LogP contribution in [-0.2, 0) is 6.42 Å². The average Bonchev–Trinajstić information content (AvgIpc) is 3.33. The van der Waals surface area contributed by atoms with Gasteiger partial charge in [0.15, 0.2) is 0 Å². The number of amides is 1. The molecule has 33 heavy (non-hydrogen) atoms. The van der Waals surface area contributed by atoms with E-state index in [1.807, 2.05) is 11.8 Å². The maximum Gasteiger partial charge on any atom is 0.270 e. The zero-order valence-corrected chi connectivity index (χ0v) is 18.6. The van der Waals surface area contributed by atoms with Gasteiger partial charge >= 0.3 is 0 Å². The second kappa shape index (κ2) is 10.2. The van der Waals surface area contributed by atoms with Crippen molar-refractivity contribution in [1.82, 2.24) is 25.2 Å². The molecule has 1 aliphatic heterocycles. The fourth-order valence-corrected chi connectivity index (χ4v) is 4.36. The molecule has 1 fully saturated rings. The van der Waals surface area contributed by atoms with Gasteiger partial charge in [-0.15, -0.1) is 0 Å². The van der Waals surface area contributed by atoms with Crippen molar-refractivity contribution in [2.45, 2.75) is 32.2 Å². The highest BCUT2D eigenvalue weighted by molar-refractivity contribution is 5.92. The van der Waals surface area contributed by atoms with E-state index in [1.54, 1.807) is 12.3 Å². The maximum absolute atomic E-state index is 14.6. The largest absolute Gasteiger partial charge is 0.365 e. The number of nitrogens with zero attached hydrogens (tertiary/aromatic N) is 4. The lowest BCUT2D eigenvalue weighted by Crippen LogP contribution is -2.49. The first-order valence-corrected chi connectivity index (χ1v) is 11.3. The summed E-state index contributed by atoms with van der Waals surface area (Å²) < 4.78 is 26.8. The standard InChI is InChI=1S/C23H28F2N6O2/c1-2-15-14-27-21(29-22(15)32)16-3-4-17(13-16)30-9-11-31(12-10-30)19-6-5-18(28-20(19)25)23(33)26-8-7-24/h5-6,13-14,17H,2-4,7-12H2,1H3,(H,26,33)(H,27,29,32). The molecule has 10 heteroatoms. The number of carbonyl (C=O) groups excluding carboxylic acids is 1. The van der Waals surface area contributed by atoms with E-state index in [2.05, 4.69) is 31.2 Å². The molecular formula is C23H28F2N6O2. The van der Waals surface area contributed by atoms with Gasteiger partial charge in [-0.3, -0.25) is 14.5 Å². The minimum atomic E-state index is -0.704. The number of allylic oxidation sites excluding steroid dienone is 1. The SMILES string of the molecule is CCc1cnc(C2=CC(N3CCN(c4ccc(C(=O)NCCF)nc4F)CC3)CC2)[nH]c1=O. The molecule has 176 valence electrons. The van der Waals surface area contributed by atoms with Gasteiger partial charge in [-0.1, -0.05) is 13.0 Å². The Hall–Kier alpha value is -3.14. The Labute approximate surface area is 190 Å². The number of H-pyrrole nitrogens is 1. The molecular weight excluding hydrogens is 430 g/mol. The molecule has 0 saturated carbocycles. The molecule has 1 atom stereocenters. The molecule has 1 aliphatic carbocycles. The lowest BCUT2D eigenvalue weighted by atomic mass is 10.2. The summed E-state index contributed by atoms with van der Waals surface area (Å²) in [6.07, 6.45) is 6.28. The highest BCUT2D eigenvalue weighted by atomic mass is 19.1. The molecule has 2 N–H and O–H groups in total. The number of anilines is 1. The third-order valence-corrected chi connectivity index (χ3v) is 6.23. The smallest absolute Gasteiger partial charge is 0.270 e. The van der Waals surface area contributed by atoms with Crippen LogP contribution in [-0.4, -0.2) is 71.2 Å². The number of aromatic amines is 1. The summed E-state index contributed by atoms with van der Waals surface area (Å²) in [4.78, 5) is 39.3. The minimum Gasteiger partial charge on any atom is -0.365 e. The van der Waals surface area contributed by atoms with Crippen molar-refractivity contribution in [3.05, 3.63) is 57.8 Å². The van der Waals surface area contributed by atoms with Gasteiger partial charge in [0.1, 0.15) is 18.2 Å². The van der Waals surface area contributed by atoms with Gasteiger partial charge in [0.2, 0.25) is 5.95 Å². The zero-order valence-electron chi connectivity index (χ0n) is 18.6. The van der Waals surface area contributed by atoms with E-state index in [-0.39, 0.29) is 23.8 Å². The van der Waals surface area contributed by atoms with E-state index in [0.717, 1.165) is 31.5 Å². The van der Waals surface area contributed by atoms with Crippen molar-refractivity contribution >= 4 is 17.2 Å². The van der Waals surface area contributed by atoms with Crippen LogP contribution in [0.2, 0.25) is 0 Å². The topological polar surface area (TPSA) is 94.2 Å². The third-order valence-electron chi connectivity index (χ3n) is 6.23. The number of aryl methyl sites for hydroxylation is 1. The molecule has 2 aromatic heterocycles. The number of hydrogen-bond donors (Lipinski definition) is 2. The van der Waals surface area contributed by atoms with Crippen molar-refractivity contribution in [1.29, 1.82) is 0 Å². The maximum atomic E-state index is 14.6. The number of pyridine rings is 1. The summed E-state index contributed by atoms with van der Waals surface area (Å²) in [5.74, 6) is -0.654. The molecule has 1 amide bonds. The van der Waals surface area contributed by atoms with Gasteiger partial charge < -0.3 is 15.2 Å². The molecule has 2 aliphatic rings. The number of nitrogens with one attached hydrogen (secondary N) is 2. The predicted molar refractivity (Wildman–Crippen MR) is 122 cm³/mol. The summed E-state index contributed by atoms with van der Waals surface area (Å²) >= 11 is 0. The number of alkyl halides is 1. The van der Waals surface area contributed by atoms with Crippen LogP contribution < -0.4 is 15.8 Å². The highest BCUT2D eigenvalue weighted by Crippen LogP contribution is 2.29. The Balaban J connectivity index is 1.37. The van der Waals surface area contributed by atoms with Crippen LogP contribution in [0.3, 0.4) is 0 Å². The number of carbonyl (C=O) groups is 1. The zero-order chi connectivity index (χ0) is 23.4. The van der Waals surface area contributed by atoms with E-state index in [9.17, 15) is 18.4 Å². The quantitative estimate of drug-likeness (QED) is 0.616. The summed E-state index contributed by atoms with van der Waals surface area (Å²) in [6, 6.07) is 3.27. The van der Waals surface area contributed by atoms with E-state index in [4.69, 9.17) is 0 Å². The van der Waals surface area contributed by atoms with Crippen LogP contribution in [0.25, 0.3) is 5.57 Å². The fourth-order valence-electron chi connectivity index (χ4n) is 4.36. The van der Waals surface area contributed by atoms with Gasteiger partial charge in [0.25, 0.3) is 11.5 Å². The Morgan fingerprint density at radius 1 is 1.27 bits per heavy atom. The molecule has 1 unspecified atom stereocenters. The van der Waals surface area contributed by atoms with Crippen molar-refractivity contribution in [3.63, 3.8) is 0 Å². The molecule has 8 nitrogen and oxygen atoms in total. The predicted octanol–water partition coefficient (Wildman–Crippen LogP) is 1.93. The summed E-state index contributed by atoms with van der Waals surface area (Å²) in [7, 11) is 0. The van der Waals surface area contributed by atoms with Gasteiger partial charge in [0, 0.05) is 50.5 Å². The number of aromatic nitrogens is 3. The van der Waals surface area contributed by atoms with Crippen LogP contribution in [0.4, 0.5) is 14.5 Å². The number of piperazine rings is 1. The first-order chi connectivity index (χ1) is 16.0. The molecule has 0 spiro atoms. The van der Waals surface area contributed by atoms with Crippen molar-refractivity contribution in [3.8, 4) is 0 Å². The lowest BCUT2D eigenvalue weighted by molar-refractivity contribution is 0.0944. The summed E-state index contributed by atoms with van der Waals surface area (Å²) in [5.41, 5.74) is 1.95. The first kappa shape index (κ1) is 23.0. The molecule has 1 saturated heterocycles. The number of rotatable bonds is 7. The Bertz CT molecular complexity index is 1090. The fraction of sp³-hybridized carbons (Fsp3) is 0.478. The van der Waals surface area contributed by atoms with E-state index in [0.29, 0.717) is 36.6 Å². The third kappa shape index (κ3) is 5.11. The van der Waals surface area contributed by atoms with Crippen LogP contribution >= 0.6 is 0 Å². The summed E-state index contributed by atoms with van der Waals surface area (Å²) in [5, 5.41) is 2.34. The van der Waals surface area contributed by atoms with Crippen molar-refractivity contribution < 1.29 is 13.6 Å². The van der Waals surface area contributed by atoms with Crippen LogP contribution in [0.5, 0.6) is 0 Å². The Kier molecular flexibility index (Phi) is 7.12. The second-order valence-corrected chi connectivity index (χ2v) is 8.21. The van der Waals surface area contributed by atoms with Gasteiger partial charge in [0.05, 0.1) is 5.69 Å². The molecule has 3 heterocycles. The lowest BCUT2D eigenvalue weighted by Gasteiger charge is -2.38. The van der Waals surface area contributed by atoms with E-state index >= 15 is 0 Å². The molecule has 0 radical (unpaired) electrons. The van der Waals surface area contributed by atoms with Crippen molar-refractivity contribution in [2.24, 2.45) is 0 Å². The van der Waals surface area contributed by atoms with Crippen LogP contribution in [0, 0.1) is 5.95 Å². The normalized spacial score (nSPS) is 18.9. The monoisotopic (exact) mass is 458 g/mol. The Morgan fingerprint density at radius 2 is 2.06 bits per heavy atom. The van der Waals surface area contributed by atoms with Gasteiger partial charge in [-0.2, -0.15) is 4.39 Å². The molecule has 4 rings (SSSR count). The van der Waals surface area contributed by atoms with Crippen LogP contribution in [0.1, 0.15) is 41.6 Å². The average molecular weight is 459 g/mol. The van der Waals surface area contributed by atoms with E-state index in [1.165, 1.54) is 6.07 Å². The van der Waals surface area contributed by atoms with Crippen LogP contribution in [0.15, 0.2) is 29.2 Å². The van der Waals surface area contributed by atoms with Gasteiger partial charge in [-0.25, -0.2) is 14.4 Å². The number of halogens is 2. The Morgan fingerprint density at radius 3 is 2.73 bits per heavy atom. The van der Waals surface area contributed by atoms with Gasteiger partial charge in [-0.05, 0) is 37.0 Å². The first-order valence-electron chi connectivity index (χ1n) is 11.3. The minimum absolute atomic E-state index is 0.0643. The molecule has 0 aromatic carbocycles. The second-order valence-electron chi connectivity index (χ2n) is 8.21. The summed E-state index contributed by atoms with van der Waals surface area (Å²) in [6.45, 7) is 3.89. The number of hydrogen-bond acceptors (Lipinski definition) is 6. The molecule has 2 aromatic rings. The highest BCUT2D eigenvalue weighted by Gasteiger charge is 2.28. The van der Waals surface area contributed by atoms with Crippen molar-refractivity contribution in [2.75, 3.05) is 44.3 Å².